The van der Waals surface area contributed by atoms with Crippen LogP contribution >= 0.6 is 23.1 Å². The number of amides is 2. The van der Waals surface area contributed by atoms with Crippen molar-refractivity contribution in [3.63, 3.8) is 0 Å². The highest BCUT2D eigenvalue weighted by molar-refractivity contribution is 8.00. The standard InChI is InChI=1S/C18H19N5O2S2/c1-11(17(25)20-13-7-5-12(6-8-13)16(19)24)27-18-22-21-15(23(18)2)10-14-4-3-9-26-14/h3-9,11H,10H2,1-2H3,(H2,19,24)(H,20,25)/t11-/m1/s1. The number of carbonyl (C=O) groups excluding carboxylic acids is 2. The van der Waals surface area contributed by atoms with Gasteiger partial charge in [0.25, 0.3) is 0 Å². The van der Waals surface area contributed by atoms with E-state index in [-0.39, 0.29) is 11.2 Å². The molecule has 9 heteroatoms. The Kier molecular flexibility index (Phi) is 5.92. The summed E-state index contributed by atoms with van der Waals surface area (Å²) in [6, 6.07) is 10.5. The predicted molar refractivity (Wildman–Crippen MR) is 107 cm³/mol. The van der Waals surface area contributed by atoms with E-state index in [4.69, 9.17) is 5.73 Å². The van der Waals surface area contributed by atoms with E-state index in [1.165, 1.54) is 16.6 Å². The third-order valence-electron chi connectivity index (χ3n) is 3.93. The second-order valence-electron chi connectivity index (χ2n) is 5.90. The molecular weight excluding hydrogens is 382 g/mol. The van der Waals surface area contributed by atoms with Gasteiger partial charge in [-0.05, 0) is 42.6 Å². The summed E-state index contributed by atoms with van der Waals surface area (Å²) in [6.45, 7) is 1.81. The Labute approximate surface area is 165 Å². The molecule has 2 aromatic heterocycles. The van der Waals surface area contributed by atoms with E-state index in [9.17, 15) is 9.59 Å². The number of thioether (sulfide) groups is 1. The first kappa shape index (κ1) is 19.1. The quantitative estimate of drug-likeness (QED) is 0.593. The van der Waals surface area contributed by atoms with Crippen molar-refractivity contribution in [2.75, 3.05) is 5.32 Å². The van der Waals surface area contributed by atoms with Crippen molar-refractivity contribution >= 4 is 40.6 Å². The number of nitrogens with one attached hydrogen (secondary N) is 1. The van der Waals surface area contributed by atoms with E-state index in [1.54, 1.807) is 35.6 Å². The molecule has 0 aliphatic heterocycles. The number of aromatic nitrogens is 3. The van der Waals surface area contributed by atoms with Crippen LogP contribution in [0.3, 0.4) is 0 Å². The molecular formula is C18H19N5O2S2. The SMILES string of the molecule is C[C@@H](Sc1nnc(Cc2cccs2)n1C)C(=O)Nc1ccc(C(N)=O)cc1. The molecule has 3 rings (SSSR count). The van der Waals surface area contributed by atoms with Crippen LogP contribution in [0.25, 0.3) is 0 Å². The van der Waals surface area contributed by atoms with E-state index in [0.717, 1.165) is 5.82 Å². The number of hydrogen-bond acceptors (Lipinski definition) is 6. The van der Waals surface area contributed by atoms with E-state index >= 15 is 0 Å². The predicted octanol–water partition coefficient (Wildman–Crippen LogP) is 2.69. The van der Waals surface area contributed by atoms with Crippen molar-refractivity contribution in [2.45, 2.75) is 23.8 Å². The first-order valence-electron chi connectivity index (χ1n) is 8.22. The molecule has 0 saturated heterocycles. The third-order valence-corrected chi connectivity index (χ3v) is 5.94. The van der Waals surface area contributed by atoms with Gasteiger partial charge >= 0.3 is 0 Å². The molecule has 0 aliphatic rings. The van der Waals surface area contributed by atoms with Gasteiger partial charge in [-0.1, -0.05) is 17.8 Å². The Bertz CT molecular complexity index is 935. The lowest BCUT2D eigenvalue weighted by molar-refractivity contribution is -0.115. The molecule has 2 heterocycles. The number of nitrogens with zero attached hydrogens (tertiary/aromatic N) is 3. The van der Waals surface area contributed by atoms with Crippen molar-refractivity contribution in [3.05, 3.63) is 58.0 Å². The van der Waals surface area contributed by atoms with Crippen LogP contribution in [-0.2, 0) is 18.3 Å². The Morgan fingerprint density at radius 2 is 2.00 bits per heavy atom. The van der Waals surface area contributed by atoms with Crippen molar-refractivity contribution in [1.82, 2.24) is 14.8 Å². The van der Waals surface area contributed by atoms with Crippen LogP contribution in [0.2, 0.25) is 0 Å². The summed E-state index contributed by atoms with van der Waals surface area (Å²) in [7, 11) is 1.90. The summed E-state index contributed by atoms with van der Waals surface area (Å²) in [5.74, 6) is 0.196. The summed E-state index contributed by atoms with van der Waals surface area (Å²) in [4.78, 5) is 24.7. The number of anilines is 1. The van der Waals surface area contributed by atoms with Gasteiger partial charge in [0.15, 0.2) is 5.16 Å². The molecule has 1 atom stereocenters. The maximum Gasteiger partial charge on any atom is 0.248 e. The van der Waals surface area contributed by atoms with Crippen LogP contribution in [0.5, 0.6) is 0 Å². The minimum absolute atomic E-state index is 0.158. The Hall–Kier alpha value is -2.65. The van der Waals surface area contributed by atoms with Crippen LogP contribution in [-0.4, -0.2) is 31.8 Å². The molecule has 2 amide bonds. The molecule has 7 nitrogen and oxygen atoms in total. The van der Waals surface area contributed by atoms with Crippen molar-refractivity contribution in [1.29, 1.82) is 0 Å². The minimum atomic E-state index is -0.502. The number of thiophene rings is 1. The molecule has 27 heavy (non-hydrogen) atoms. The van der Waals surface area contributed by atoms with Gasteiger partial charge in [0.05, 0.1) is 5.25 Å². The number of carbonyl (C=O) groups is 2. The van der Waals surface area contributed by atoms with Crippen LogP contribution in [0, 0.1) is 0 Å². The van der Waals surface area contributed by atoms with E-state index in [2.05, 4.69) is 21.6 Å². The summed E-state index contributed by atoms with van der Waals surface area (Å²) in [5, 5.41) is 13.6. The van der Waals surface area contributed by atoms with Crippen molar-refractivity contribution in [2.24, 2.45) is 12.8 Å². The summed E-state index contributed by atoms with van der Waals surface area (Å²) >= 11 is 3.02. The molecule has 0 radical (unpaired) electrons. The van der Waals surface area contributed by atoms with Gasteiger partial charge in [-0.15, -0.1) is 21.5 Å². The molecule has 1 aromatic carbocycles. The molecule has 0 fully saturated rings. The van der Waals surface area contributed by atoms with Crippen molar-refractivity contribution < 1.29 is 9.59 Å². The van der Waals surface area contributed by atoms with Gasteiger partial charge in [-0.25, -0.2) is 0 Å². The van der Waals surface area contributed by atoms with E-state index in [1.807, 2.05) is 30.0 Å². The second-order valence-corrected chi connectivity index (χ2v) is 8.25. The second kappa shape index (κ2) is 8.36. The topological polar surface area (TPSA) is 103 Å². The highest BCUT2D eigenvalue weighted by Gasteiger charge is 2.19. The maximum absolute atomic E-state index is 12.4. The molecule has 3 N–H and O–H groups in total. The zero-order valence-corrected chi connectivity index (χ0v) is 16.5. The Morgan fingerprint density at radius 3 is 2.63 bits per heavy atom. The average Bonchev–Trinajstić information content (AvgIpc) is 3.27. The minimum Gasteiger partial charge on any atom is -0.366 e. The largest absolute Gasteiger partial charge is 0.366 e. The smallest absolute Gasteiger partial charge is 0.248 e. The lowest BCUT2D eigenvalue weighted by Crippen LogP contribution is -2.23. The number of nitrogens with two attached hydrogens (primary N) is 1. The fourth-order valence-corrected chi connectivity index (χ4v) is 3.88. The summed E-state index contributed by atoms with van der Waals surface area (Å²) in [6.07, 6.45) is 0.717. The van der Waals surface area contributed by atoms with E-state index in [0.29, 0.717) is 22.8 Å². The van der Waals surface area contributed by atoms with Crippen LogP contribution < -0.4 is 11.1 Å². The summed E-state index contributed by atoms with van der Waals surface area (Å²) < 4.78 is 1.91. The van der Waals surface area contributed by atoms with Gasteiger partial charge in [0, 0.05) is 29.6 Å². The van der Waals surface area contributed by atoms with Crippen molar-refractivity contribution in [3.8, 4) is 0 Å². The fourth-order valence-electron chi connectivity index (χ4n) is 2.34. The van der Waals surface area contributed by atoms with Gasteiger partial charge in [-0.3, -0.25) is 9.59 Å². The molecule has 0 bridgehead atoms. The van der Waals surface area contributed by atoms with Crippen LogP contribution in [0.15, 0.2) is 46.9 Å². The highest BCUT2D eigenvalue weighted by atomic mass is 32.2. The fraction of sp³-hybridized carbons (Fsp3) is 0.222. The lowest BCUT2D eigenvalue weighted by atomic mass is 10.2. The monoisotopic (exact) mass is 401 g/mol. The van der Waals surface area contributed by atoms with Crippen LogP contribution in [0.4, 0.5) is 5.69 Å². The number of rotatable bonds is 7. The molecule has 0 spiro atoms. The molecule has 0 unspecified atom stereocenters. The zero-order valence-electron chi connectivity index (χ0n) is 14.9. The average molecular weight is 402 g/mol. The van der Waals surface area contributed by atoms with Gasteiger partial charge in [0.1, 0.15) is 5.82 Å². The first-order chi connectivity index (χ1) is 12.9. The lowest BCUT2D eigenvalue weighted by Gasteiger charge is -2.12. The molecule has 3 aromatic rings. The maximum atomic E-state index is 12.4. The molecule has 0 aliphatic carbocycles. The normalized spacial score (nSPS) is 11.9. The van der Waals surface area contributed by atoms with Crippen LogP contribution in [0.1, 0.15) is 28.0 Å². The number of primary amides is 1. The first-order valence-corrected chi connectivity index (χ1v) is 9.98. The van der Waals surface area contributed by atoms with Gasteiger partial charge in [-0.2, -0.15) is 0 Å². The Morgan fingerprint density at radius 1 is 1.26 bits per heavy atom. The number of hydrogen-bond donors (Lipinski definition) is 2. The zero-order chi connectivity index (χ0) is 19.4. The molecule has 0 saturated carbocycles. The third kappa shape index (κ3) is 4.75. The summed E-state index contributed by atoms with van der Waals surface area (Å²) in [5.41, 5.74) is 6.22. The van der Waals surface area contributed by atoms with Gasteiger partial charge in [0.2, 0.25) is 11.8 Å². The number of benzene rings is 1. The highest BCUT2D eigenvalue weighted by Crippen LogP contribution is 2.24. The Balaban J connectivity index is 1.61. The van der Waals surface area contributed by atoms with E-state index < -0.39 is 5.91 Å². The van der Waals surface area contributed by atoms with Gasteiger partial charge < -0.3 is 15.6 Å². The molecule has 140 valence electrons.